The lowest BCUT2D eigenvalue weighted by atomic mass is 9.80. The number of ether oxygens (including phenoxy) is 6. The summed E-state index contributed by atoms with van der Waals surface area (Å²) in [6, 6.07) is 40.4. The Morgan fingerprint density at radius 3 is 1.67 bits per heavy atom. The summed E-state index contributed by atoms with van der Waals surface area (Å²) in [6.45, 7) is 7.37. The minimum atomic E-state index is -0.963. The van der Waals surface area contributed by atoms with Crippen LogP contribution in [0.2, 0.25) is 0 Å². The number of hydrogen-bond acceptors (Lipinski definition) is 7. The Morgan fingerprint density at radius 1 is 0.750 bits per heavy atom. The quantitative estimate of drug-likeness (QED) is 0.0881. The van der Waals surface area contributed by atoms with Gasteiger partial charge >= 0.3 is 5.97 Å². The monoisotopic (exact) mass is 650 g/mol. The van der Waals surface area contributed by atoms with Crippen LogP contribution in [-0.4, -0.2) is 56.8 Å². The van der Waals surface area contributed by atoms with Crippen molar-refractivity contribution in [1.82, 2.24) is 0 Å². The number of carbonyl (C=O) groups is 1. The number of benzene rings is 4. The molecule has 1 heterocycles. The van der Waals surface area contributed by atoms with Crippen molar-refractivity contribution < 1.29 is 33.2 Å². The summed E-state index contributed by atoms with van der Waals surface area (Å²) in [5, 5.41) is 0. The maximum absolute atomic E-state index is 12.9. The zero-order valence-electron chi connectivity index (χ0n) is 28.6. The molecule has 252 valence electrons. The summed E-state index contributed by atoms with van der Waals surface area (Å²) in [5.74, 6) is -0.427. The molecule has 1 aliphatic rings. The zero-order chi connectivity index (χ0) is 34.1. The fourth-order valence-corrected chi connectivity index (χ4v) is 6.10. The summed E-state index contributed by atoms with van der Waals surface area (Å²) < 4.78 is 38.2. The average Bonchev–Trinajstić information content (AvgIpc) is 3.11. The molecule has 0 bridgehead atoms. The highest BCUT2D eigenvalue weighted by molar-refractivity contribution is 5.88. The van der Waals surface area contributed by atoms with Gasteiger partial charge in [-0.2, -0.15) is 0 Å². The van der Waals surface area contributed by atoms with Crippen LogP contribution in [0.15, 0.2) is 133 Å². The molecule has 0 unspecified atom stereocenters. The van der Waals surface area contributed by atoms with Gasteiger partial charge in [0.15, 0.2) is 6.29 Å². The second kappa shape index (κ2) is 15.9. The van der Waals surface area contributed by atoms with Crippen molar-refractivity contribution in [1.29, 1.82) is 0 Å². The van der Waals surface area contributed by atoms with Crippen molar-refractivity contribution in [3.05, 3.63) is 155 Å². The maximum atomic E-state index is 12.9. The third-order valence-corrected chi connectivity index (χ3v) is 8.35. The second-order valence-electron chi connectivity index (χ2n) is 12.9. The van der Waals surface area contributed by atoms with Gasteiger partial charge in [0.2, 0.25) is 0 Å². The van der Waals surface area contributed by atoms with Gasteiger partial charge in [-0.1, -0.05) is 121 Å². The summed E-state index contributed by atoms with van der Waals surface area (Å²) in [7, 11) is 3.21. The number of hydrogen-bond donors (Lipinski definition) is 0. The molecule has 5 rings (SSSR count). The maximum Gasteiger partial charge on any atom is 0.334 e. The van der Waals surface area contributed by atoms with Crippen LogP contribution in [0, 0.1) is 0 Å². The van der Waals surface area contributed by atoms with E-state index in [1.165, 1.54) is 0 Å². The van der Waals surface area contributed by atoms with Gasteiger partial charge in [0, 0.05) is 25.4 Å². The molecule has 0 amide bonds. The molecule has 4 aromatic rings. The Morgan fingerprint density at radius 2 is 1.23 bits per heavy atom. The van der Waals surface area contributed by atoms with E-state index in [1.54, 1.807) is 27.2 Å². The van der Waals surface area contributed by atoms with E-state index in [4.69, 9.17) is 28.4 Å². The normalized spacial score (nSPS) is 21.0. The summed E-state index contributed by atoms with van der Waals surface area (Å²) in [6.07, 6.45) is -1.56. The van der Waals surface area contributed by atoms with E-state index < -0.39 is 47.9 Å². The predicted octanol–water partition coefficient (Wildman–Crippen LogP) is 7.80. The minimum absolute atomic E-state index is 0.144. The van der Waals surface area contributed by atoms with Gasteiger partial charge < -0.3 is 28.4 Å². The van der Waals surface area contributed by atoms with Crippen LogP contribution in [0.4, 0.5) is 0 Å². The van der Waals surface area contributed by atoms with E-state index in [0.29, 0.717) is 5.57 Å². The molecular formula is C41H46O7. The molecule has 0 saturated carbocycles. The van der Waals surface area contributed by atoms with Crippen molar-refractivity contribution in [2.75, 3.05) is 20.8 Å². The van der Waals surface area contributed by atoms with Gasteiger partial charge in [-0.15, -0.1) is 0 Å². The fraction of sp³-hybridized carbons (Fsp3) is 0.341. The first-order valence-corrected chi connectivity index (χ1v) is 16.3. The molecule has 0 aromatic heterocycles. The van der Waals surface area contributed by atoms with Crippen LogP contribution in [0.1, 0.15) is 56.2 Å². The van der Waals surface area contributed by atoms with Gasteiger partial charge in [0.25, 0.3) is 0 Å². The molecule has 1 saturated heterocycles. The van der Waals surface area contributed by atoms with E-state index in [1.807, 2.05) is 106 Å². The fourth-order valence-electron chi connectivity index (χ4n) is 6.10. The molecule has 48 heavy (non-hydrogen) atoms. The third-order valence-electron chi connectivity index (χ3n) is 8.35. The van der Waals surface area contributed by atoms with Crippen LogP contribution in [0.3, 0.4) is 0 Å². The molecule has 0 N–H and O–H groups in total. The zero-order valence-corrected chi connectivity index (χ0v) is 28.6. The van der Waals surface area contributed by atoms with Crippen LogP contribution < -0.4 is 0 Å². The van der Waals surface area contributed by atoms with E-state index in [0.717, 1.165) is 22.3 Å². The Kier molecular flexibility index (Phi) is 11.6. The third kappa shape index (κ3) is 8.12. The lowest BCUT2D eigenvalue weighted by Crippen LogP contribution is -2.55. The van der Waals surface area contributed by atoms with Gasteiger partial charge in [0.05, 0.1) is 6.61 Å². The first-order chi connectivity index (χ1) is 23.2. The van der Waals surface area contributed by atoms with E-state index in [-0.39, 0.29) is 6.61 Å². The molecule has 0 radical (unpaired) electrons. The SMILES string of the molecule is CO[C@@H]1[C@H]([C@H](/C=C(\C)C(=O)OC(C)(C)C)OC)O[C@H](c2ccccc2)O[C@@H]1COC(c1ccccc1)(c1ccccc1)c1ccccc1. The first-order valence-electron chi connectivity index (χ1n) is 16.3. The van der Waals surface area contributed by atoms with Gasteiger partial charge in [-0.25, -0.2) is 4.79 Å². The molecule has 1 fully saturated rings. The predicted molar refractivity (Wildman–Crippen MR) is 185 cm³/mol. The highest BCUT2D eigenvalue weighted by atomic mass is 16.7. The molecule has 5 atom stereocenters. The first kappa shape index (κ1) is 35.2. The van der Waals surface area contributed by atoms with Gasteiger partial charge in [-0.05, 0) is 50.5 Å². The second-order valence-corrected chi connectivity index (χ2v) is 12.9. The highest BCUT2D eigenvalue weighted by Gasteiger charge is 2.46. The van der Waals surface area contributed by atoms with Crippen molar-refractivity contribution >= 4 is 5.97 Å². The van der Waals surface area contributed by atoms with Crippen LogP contribution in [0.5, 0.6) is 0 Å². The van der Waals surface area contributed by atoms with Crippen molar-refractivity contribution in [3.63, 3.8) is 0 Å². The van der Waals surface area contributed by atoms with Crippen LogP contribution in [0.25, 0.3) is 0 Å². The summed E-state index contributed by atoms with van der Waals surface area (Å²) >= 11 is 0. The number of esters is 1. The van der Waals surface area contributed by atoms with E-state index in [9.17, 15) is 4.79 Å². The van der Waals surface area contributed by atoms with E-state index >= 15 is 0 Å². The molecule has 7 heteroatoms. The van der Waals surface area contributed by atoms with Crippen molar-refractivity contribution in [2.24, 2.45) is 0 Å². The Bertz CT molecular complexity index is 1500. The molecule has 0 aliphatic carbocycles. The lowest BCUT2D eigenvalue weighted by molar-refractivity contribution is -0.315. The summed E-state index contributed by atoms with van der Waals surface area (Å²) in [4.78, 5) is 12.9. The number of methoxy groups -OCH3 is 2. The van der Waals surface area contributed by atoms with Crippen LogP contribution >= 0.6 is 0 Å². The van der Waals surface area contributed by atoms with Crippen LogP contribution in [-0.2, 0) is 38.8 Å². The standard InChI is InChI=1S/C41H46O7/c1-29(38(42)48-40(2,3)4)27-34(43-5)37-36(44-6)35(46-39(47-37)30-19-11-7-12-20-30)28-45-41(31-21-13-8-14-22-31,32-23-15-9-16-24-32)33-25-17-10-18-26-33/h7-27,34-37,39H,28H2,1-6H3/b29-27+/t34-,35+,36-,37-,39+/m0/s1. The smallest absolute Gasteiger partial charge is 0.334 e. The van der Waals surface area contributed by atoms with E-state index in [2.05, 4.69) is 36.4 Å². The van der Waals surface area contributed by atoms with Gasteiger partial charge in [0.1, 0.15) is 35.6 Å². The summed E-state index contributed by atoms with van der Waals surface area (Å²) in [5.41, 5.74) is 2.57. The van der Waals surface area contributed by atoms with Gasteiger partial charge in [-0.3, -0.25) is 0 Å². The molecule has 7 nitrogen and oxygen atoms in total. The topological polar surface area (TPSA) is 72.5 Å². The highest BCUT2D eigenvalue weighted by Crippen LogP contribution is 2.42. The largest absolute Gasteiger partial charge is 0.457 e. The Hall–Kier alpha value is -4.11. The molecular weight excluding hydrogens is 604 g/mol. The minimum Gasteiger partial charge on any atom is -0.457 e. The molecule has 4 aromatic carbocycles. The van der Waals surface area contributed by atoms with Crippen molar-refractivity contribution in [3.8, 4) is 0 Å². The number of rotatable bonds is 12. The number of carbonyl (C=O) groups excluding carboxylic acids is 1. The lowest BCUT2D eigenvalue weighted by Gasteiger charge is -2.45. The average molecular weight is 651 g/mol. The Balaban J connectivity index is 1.56. The molecule has 0 spiro atoms. The Labute approximate surface area is 284 Å². The molecule has 1 aliphatic heterocycles. The van der Waals surface area contributed by atoms with Crippen molar-refractivity contribution in [2.45, 2.75) is 69.6 Å².